The molecule has 0 spiro atoms. The Morgan fingerprint density at radius 2 is 2.05 bits per heavy atom. The second-order valence-electron chi connectivity index (χ2n) is 5.76. The number of amides is 1. The van der Waals surface area contributed by atoms with Crippen LogP contribution in [0.1, 0.15) is 54.9 Å². The molecule has 2 fully saturated rings. The lowest BCUT2D eigenvalue weighted by Gasteiger charge is -2.37. The van der Waals surface area contributed by atoms with Crippen molar-refractivity contribution in [1.82, 2.24) is 19.8 Å². The van der Waals surface area contributed by atoms with E-state index in [1.165, 1.54) is 24.4 Å². The molecule has 20 heavy (non-hydrogen) atoms. The maximum absolute atomic E-state index is 12.8. The standard InChI is InChI=1S/C14H22N4OS/c1-3-12-13(20-17-16-12)14(19)18(4-2)11-7-9-5-6-10(8-11)15-9/h9-11,15H,3-8H2,1-2H3. The van der Waals surface area contributed by atoms with Crippen molar-refractivity contribution in [2.75, 3.05) is 6.54 Å². The van der Waals surface area contributed by atoms with Crippen LogP contribution in [-0.4, -0.2) is 45.1 Å². The Hall–Kier alpha value is -1.01. The zero-order valence-corrected chi connectivity index (χ0v) is 12.9. The predicted molar refractivity (Wildman–Crippen MR) is 79.0 cm³/mol. The van der Waals surface area contributed by atoms with Gasteiger partial charge in [0.05, 0.1) is 5.69 Å². The molecule has 1 aromatic heterocycles. The summed E-state index contributed by atoms with van der Waals surface area (Å²) in [5.74, 6) is 0.130. The van der Waals surface area contributed by atoms with Crippen LogP contribution in [0.2, 0.25) is 0 Å². The SMILES string of the molecule is CCc1nnsc1C(=O)N(CC)C1CC2CCC(C1)N2. The fourth-order valence-electron chi connectivity index (χ4n) is 3.58. The summed E-state index contributed by atoms with van der Waals surface area (Å²) in [4.78, 5) is 15.6. The first-order valence-corrected chi connectivity index (χ1v) is 8.38. The van der Waals surface area contributed by atoms with Gasteiger partial charge in [-0.1, -0.05) is 11.4 Å². The van der Waals surface area contributed by atoms with Crippen LogP contribution in [-0.2, 0) is 6.42 Å². The Kier molecular flexibility index (Phi) is 4.03. The molecule has 110 valence electrons. The van der Waals surface area contributed by atoms with E-state index in [9.17, 15) is 4.79 Å². The molecule has 5 nitrogen and oxygen atoms in total. The number of carbonyl (C=O) groups is 1. The van der Waals surface area contributed by atoms with Crippen molar-refractivity contribution in [3.8, 4) is 0 Å². The lowest BCUT2D eigenvalue weighted by atomic mass is 9.98. The highest BCUT2D eigenvalue weighted by Gasteiger charge is 2.38. The minimum absolute atomic E-state index is 0.130. The molecule has 2 bridgehead atoms. The molecule has 2 atom stereocenters. The van der Waals surface area contributed by atoms with Gasteiger partial charge in [-0.15, -0.1) is 5.10 Å². The third-order valence-electron chi connectivity index (χ3n) is 4.58. The fraction of sp³-hybridized carbons (Fsp3) is 0.786. The molecule has 2 saturated heterocycles. The van der Waals surface area contributed by atoms with E-state index in [2.05, 4.69) is 21.8 Å². The number of hydrogen-bond acceptors (Lipinski definition) is 5. The third kappa shape index (κ3) is 2.46. The van der Waals surface area contributed by atoms with Gasteiger partial charge >= 0.3 is 0 Å². The minimum atomic E-state index is 0.130. The average Bonchev–Trinajstić information content (AvgIpc) is 3.06. The van der Waals surface area contributed by atoms with Crippen LogP contribution in [0.25, 0.3) is 0 Å². The van der Waals surface area contributed by atoms with E-state index in [0.29, 0.717) is 18.1 Å². The summed E-state index contributed by atoms with van der Waals surface area (Å²) in [6.45, 7) is 4.86. The van der Waals surface area contributed by atoms with E-state index in [1.54, 1.807) is 0 Å². The van der Waals surface area contributed by atoms with E-state index >= 15 is 0 Å². The van der Waals surface area contributed by atoms with Gasteiger partial charge in [-0.05, 0) is 50.6 Å². The number of hydrogen-bond donors (Lipinski definition) is 1. The lowest BCUT2D eigenvalue weighted by molar-refractivity contribution is 0.0635. The van der Waals surface area contributed by atoms with Crippen molar-refractivity contribution in [2.24, 2.45) is 0 Å². The number of rotatable bonds is 4. The number of carbonyl (C=O) groups excluding carboxylic acids is 1. The number of aromatic nitrogens is 2. The molecular formula is C14H22N4OS. The number of nitrogens with zero attached hydrogens (tertiary/aromatic N) is 3. The number of nitrogens with one attached hydrogen (secondary N) is 1. The highest BCUT2D eigenvalue weighted by atomic mass is 32.1. The molecule has 1 N–H and O–H groups in total. The van der Waals surface area contributed by atoms with Gasteiger partial charge in [0, 0.05) is 24.7 Å². The molecule has 6 heteroatoms. The zero-order chi connectivity index (χ0) is 14.1. The summed E-state index contributed by atoms with van der Waals surface area (Å²) in [6, 6.07) is 1.58. The molecule has 1 amide bonds. The van der Waals surface area contributed by atoms with Crippen LogP contribution < -0.4 is 5.32 Å². The van der Waals surface area contributed by atoms with E-state index in [-0.39, 0.29) is 5.91 Å². The molecule has 1 aromatic rings. The van der Waals surface area contributed by atoms with Gasteiger partial charge in [0.2, 0.25) is 0 Å². The van der Waals surface area contributed by atoms with Crippen LogP contribution in [0.5, 0.6) is 0 Å². The van der Waals surface area contributed by atoms with E-state index in [4.69, 9.17) is 0 Å². The van der Waals surface area contributed by atoms with E-state index in [0.717, 1.165) is 36.4 Å². The summed E-state index contributed by atoms with van der Waals surface area (Å²) < 4.78 is 3.95. The molecular weight excluding hydrogens is 272 g/mol. The maximum atomic E-state index is 12.8. The van der Waals surface area contributed by atoms with E-state index < -0.39 is 0 Å². The Morgan fingerprint density at radius 3 is 2.65 bits per heavy atom. The number of aryl methyl sites for hydroxylation is 1. The van der Waals surface area contributed by atoms with Gasteiger partial charge < -0.3 is 10.2 Å². The monoisotopic (exact) mass is 294 g/mol. The normalized spacial score (nSPS) is 28.6. The highest BCUT2D eigenvalue weighted by molar-refractivity contribution is 7.08. The Morgan fingerprint density at radius 1 is 1.35 bits per heavy atom. The van der Waals surface area contributed by atoms with Crippen LogP contribution >= 0.6 is 11.5 Å². The summed E-state index contributed by atoms with van der Waals surface area (Å²) in [7, 11) is 0. The van der Waals surface area contributed by atoms with E-state index in [1.807, 2.05) is 11.8 Å². The van der Waals surface area contributed by atoms with Crippen molar-refractivity contribution in [3.63, 3.8) is 0 Å². The number of piperidine rings is 1. The molecule has 3 rings (SSSR count). The largest absolute Gasteiger partial charge is 0.335 e. The smallest absolute Gasteiger partial charge is 0.267 e. The van der Waals surface area contributed by atoms with Crippen molar-refractivity contribution >= 4 is 17.4 Å². The molecule has 0 radical (unpaired) electrons. The topological polar surface area (TPSA) is 58.1 Å². The van der Waals surface area contributed by atoms with Crippen LogP contribution in [0.3, 0.4) is 0 Å². The summed E-state index contributed by atoms with van der Waals surface area (Å²) >= 11 is 1.24. The van der Waals surface area contributed by atoms with Crippen LogP contribution in [0.15, 0.2) is 0 Å². The lowest BCUT2D eigenvalue weighted by Crippen LogP contribution is -2.50. The zero-order valence-electron chi connectivity index (χ0n) is 12.1. The first-order chi connectivity index (χ1) is 9.72. The van der Waals surface area contributed by atoms with Crippen molar-refractivity contribution in [1.29, 1.82) is 0 Å². The first kappa shape index (κ1) is 13.9. The Balaban J connectivity index is 1.77. The second-order valence-corrected chi connectivity index (χ2v) is 6.51. The fourth-order valence-corrected chi connectivity index (χ4v) is 4.29. The molecule has 2 aliphatic rings. The van der Waals surface area contributed by atoms with Gasteiger partial charge in [-0.3, -0.25) is 4.79 Å². The highest BCUT2D eigenvalue weighted by Crippen LogP contribution is 2.30. The third-order valence-corrected chi connectivity index (χ3v) is 5.33. The summed E-state index contributed by atoms with van der Waals surface area (Å²) in [6.07, 6.45) is 5.46. The van der Waals surface area contributed by atoms with Gasteiger partial charge in [0.15, 0.2) is 0 Å². The van der Waals surface area contributed by atoms with Crippen LogP contribution in [0.4, 0.5) is 0 Å². The molecule has 3 heterocycles. The maximum Gasteiger partial charge on any atom is 0.267 e. The van der Waals surface area contributed by atoms with Gasteiger partial charge in [0.1, 0.15) is 4.88 Å². The Bertz CT molecular complexity index is 477. The number of fused-ring (bicyclic) bond motifs is 2. The quantitative estimate of drug-likeness (QED) is 0.920. The predicted octanol–water partition coefficient (Wildman–Crippen LogP) is 1.85. The van der Waals surface area contributed by atoms with Gasteiger partial charge in [-0.25, -0.2) is 0 Å². The molecule has 2 unspecified atom stereocenters. The molecule has 2 aliphatic heterocycles. The van der Waals surface area contributed by atoms with Crippen LogP contribution in [0, 0.1) is 0 Å². The second kappa shape index (κ2) is 5.77. The Labute approximate surface area is 123 Å². The van der Waals surface area contributed by atoms with Crippen molar-refractivity contribution < 1.29 is 4.79 Å². The average molecular weight is 294 g/mol. The van der Waals surface area contributed by atoms with Gasteiger partial charge in [-0.2, -0.15) is 0 Å². The summed E-state index contributed by atoms with van der Waals surface area (Å²) in [5, 5.41) is 7.70. The van der Waals surface area contributed by atoms with Crippen molar-refractivity contribution in [2.45, 2.75) is 64.1 Å². The molecule has 0 aromatic carbocycles. The molecule has 0 saturated carbocycles. The molecule has 0 aliphatic carbocycles. The summed E-state index contributed by atoms with van der Waals surface area (Å²) in [5.41, 5.74) is 0.843. The van der Waals surface area contributed by atoms with Crippen molar-refractivity contribution in [3.05, 3.63) is 10.6 Å². The first-order valence-electron chi connectivity index (χ1n) is 7.61. The minimum Gasteiger partial charge on any atom is -0.335 e. The van der Waals surface area contributed by atoms with Gasteiger partial charge in [0.25, 0.3) is 5.91 Å².